The van der Waals surface area contributed by atoms with Crippen LogP contribution < -0.4 is 0 Å². The molecule has 0 radical (unpaired) electrons. The quantitative estimate of drug-likeness (QED) is 0.700. The molecule has 0 aliphatic heterocycles. The molecule has 0 aromatic heterocycles. The van der Waals surface area contributed by atoms with Gasteiger partial charge in [-0.3, -0.25) is 4.52 Å². The Morgan fingerprint density at radius 3 is 2.17 bits per heavy atom. The van der Waals surface area contributed by atoms with Gasteiger partial charge in [0.05, 0.1) is 18.5 Å². The standard InChI is InChI=1S/C2H7ClO7P2/c1-2-8-12(7,9-3)10-11(4,5)6/h2H2,1H3,(H2,4,5,6). The van der Waals surface area contributed by atoms with Crippen LogP contribution in [0.15, 0.2) is 0 Å². The fourth-order valence-electron chi connectivity index (χ4n) is 0.344. The first-order valence-corrected chi connectivity index (χ1v) is 5.95. The summed E-state index contributed by atoms with van der Waals surface area (Å²) in [6.07, 6.45) is 0. The Bertz CT molecular complexity index is 221. The zero-order valence-corrected chi connectivity index (χ0v) is 8.46. The lowest BCUT2D eigenvalue weighted by Gasteiger charge is -2.12. The van der Waals surface area contributed by atoms with Crippen LogP contribution in [0, 0.1) is 0 Å². The van der Waals surface area contributed by atoms with Crippen molar-refractivity contribution in [3.05, 3.63) is 0 Å². The van der Waals surface area contributed by atoms with Crippen molar-refractivity contribution in [3.63, 3.8) is 0 Å². The van der Waals surface area contributed by atoms with Crippen molar-refractivity contribution < 1.29 is 31.8 Å². The van der Waals surface area contributed by atoms with Crippen molar-refractivity contribution in [2.24, 2.45) is 0 Å². The van der Waals surface area contributed by atoms with E-state index in [1.165, 1.54) is 6.92 Å². The van der Waals surface area contributed by atoms with E-state index in [0.29, 0.717) is 0 Å². The van der Waals surface area contributed by atoms with Gasteiger partial charge in [0, 0.05) is 0 Å². The van der Waals surface area contributed by atoms with E-state index in [2.05, 4.69) is 24.8 Å². The second-order valence-corrected chi connectivity index (χ2v) is 4.85. The van der Waals surface area contributed by atoms with Gasteiger partial charge in [-0.05, 0) is 6.92 Å². The predicted octanol–water partition coefficient (Wildman–Crippen LogP) is 1.41. The average Bonchev–Trinajstić information content (AvgIpc) is 1.84. The number of halogens is 1. The summed E-state index contributed by atoms with van der Waals surface area (Å²) < 4.78 is 32.6. The van der Waals surface area contributed by atoms with Crippen LogP contribution in [0.1, 0.15) is 6.92 Å². The van der Waals surface area contributed by atoms with Gasteiger partial charge in [0.1, 0.15) is 0 Å². The number of phosphoric acid groups is 2. The van der Waals surface area contributed by atoms with Crippen LogP contribution in [0.4, 0.5) is 0 Å². The fourth-order valence-corrected chi connectivity index (χ4v) is 2.38. The first-order chi connectivity index (χ1) is 5.33. The molecule has 1 unspecified atom stereocenters. The second-order valence-electron chi connectivity index (χ2n) is 1.51. The van der Waals surface area contributed by atoms with E-state index in [4.69, 9.17) is 9.79 Å². The molecule has 2 N–H and O–H groups in total. The molecule has 0 fully saturated rings. The second kappa shape index (κ2) is 4.69. The third-order valence-electron chi connectivity index (χ3n) is 0.578. The van der Waals surface area contributed by atoms with E-state index in [1.807, 2.05) is 0 Å². The summed E-state index contributed by atoms with van der Waals surface area (Å²) in [6.45, 7) is 1.30. The average molecular weight is 240 g/mol. The summed E-state index contributed by atoms with van der Waals surface area (Å²) in [7, 11) is -9.25. The zero-order valence-electron chi connectivity index (χ0n) is 5.92. The molecule has 0 amide bonds. The van der Waals surface area contributed by atoms with E-state index in [1.54, 1.807) is 0 Å². The lowest BCUT2D eigenvalue weighted by molar-refractivity contribution is 0.194. The van der Waals surface area contributed by atoms with E-state index in [9.17, 15) is 9.13 Å². The Morgan fingerprint density at radius 2 is 1.92 bits per heavy atom. The van der Waals surface area contributed by atoms with Gasteiger partial charge in [0.15, 0.2) is 0 Å². The van der Waals surface area contributed by atoms with Gasteiger partial charge >= 0.3 is 15.6 Å². The SMILES string of the molecule is CCOP(=O)(OCl)OP(=O)(O)O. The van der Waals surface area contributed by atoms with Gasteiger partial charge in [-0.2, -0.15) is 8.39 Å². The molecule has 0 saturated heterocycles. The van der Waals surface area contributed by atoms with Crippen LogP contribution in [-0.2, 0) is 22.0 Å². The molecule has 0 bridgehead atoms. The summed E-state index contributed by atoms with van der Waals surface area (Å²) >= 11 is 4.64. The molecule has 0 rings (SSSR count). The molecule has 0 saturated carbocycles. The highest BCUT2D eigenvalue weighted by molar-refractivity contribution is 7.61. The molecule has 0 aliphatic carbocycles. The monoisotopic (exact) mass is 240 g/mol. The minimum atomic E-state index is -4.93. The van der Waals surface area contributed by atoms with Crippen LogP contribution in [0.2, 0.25) is 0 Å². The normalized spacial score (nSPS) is 17.3. The van der Waals surface area contributed by atoms with Crippen molar-refractivity contribution in [1.29, 1.82) is 0 Å². The van der Waals surface area contributed by atoms with Gasteiger partial charge in [0.25, 0.3) is 0 Å². The number of hydrogen-bond donors (Lipinski definition) is 2. The third kappa shape index (κ3) is 5.24. The van der Waals surface area contributed by atoms with Crippen LogP contribution in [-0.4, -0.2) is 16.4 Å². The third-order valence-corrected chi connectivity index (χ3v) is 3.48. The Labute approximate surface area is 73.6 Å². The number of rotatable bonds is 5. The zero-order chi connectivity index (χ0) is 9.83. The summed E-state index contributed by atoms with van der Waals surface area (Å²) in [5, 5.41) is 0. The molecule has 0 spiro atoms. The van der Waals surface area contributed by atoms with Crippen LogP contribution in [0.3, 0.4) is 0 Å². The molecule has 7 nitrogen and oxygen atoms in total. The van der Waals surface area contributed by atoms with Gasteiger partial charge in [-0.1, -0.05) is 0 Å². The van der Waals surface area contributed by atoms with Gasteiger partial charge < -0.3 is 9.79 Å². The minimum absolute atomic E-state index is 0.121. The Kier molecular flexibility index (Phi) is 4.91. The topological polar surface area (TPSA) is 102 Å². The van der Waals surface area contributed by atoms with E-state index in [0.717, 1.165) is 0 Å². The maximum absolute atomic E-state index is 10.9. The molecule has 74 valence electrons. The smallest absolute Gasteiger partial charge is 0.302 e. The molecule has 12 heavy (non-hydrogen) atoms. The first-order valence-electron chi connectivity index (χ1n) is 2.65. The Hall–Kier alpha value is 0.550. The van der Waals surface area contributed by atoms with E-state index in [-0.39, 0.29) is 6.61 Å². The molecular formula is C2H7ClO7P2. The first kappa shape index (κ1) is 12.6. The van der Waals surface area contributed by atoms with Crippen molar-refractivity contribution in [2.75, 3.05) is 6.61 Å². The highest BCUT2D eigenvalue weighted by Gasteiger charge is 2.35. The maximum Gasteiger partial charge on any atom is 0.500 e. The van der Waals surface area contributed by atoms with Crippen LogP contribution in [0.25, 0.3) is 0 Å². The van der Waals surface area contributed by atoms with Crippen LogP contribution in [0.5, 0.6) is 0 Å². The molecule has 0 heterocycles. The van der Waals surface area contributed by atoms with Gasteiger partial charge in [-0.25, -0.2) is 9.13 Å². The molecule has 0 aromatic rings. The van der Waals surface area contributed by atoms with Crippen molar-refractivity contribution in [2.45, 2.75) is 6.92 Å². The van der Waals surface area contributed by atoms with E-state index < -0.39 is 15.6 Å². The van der Waals surface area contributed by atoms with Crippen molar-refractivity contribution in [1.82, 2.24) is 0 Å². The van der Waals surface area contributed by atoms with Crippen molar-refractivity contribution >= 4 is 27.5 Å². The summed E-state index contributed by atoms with van der Waals surface area (Å²) in [5.74, 6) is 0. The predicted molar refractivity (Wildman–Crippen MR) is 39.3 cm³/mol. The maximum atomic E-state index is 10.9. The fraction of sp³-hybridized carbons (Fsp3) is 1.00. The number of hydrogen-bond acceptors (Lipinski definition) is 5. The molecular weight excluding hydrogens is 233 g/mol. The van der Waals surface area contributed by atoms with Gasteiger partial charge in [-0.15, -0.1) is 0 Å². The Morgan fingerprint density at radius 1 is 1.42 bits per heavy atom. The lowest BCUT2D eigenvalue weighted by Crippen LogP contribution is -1.93. The Balaban J connectivity index is 4.35. The molecule has 0 aliphatic rings. The van der Waals surface area contributed by atoms with Crippen molar-refractivity contribution in [3.8, 4) is 0 Å². The lowest BCUT2D eigenvalue weighted by atomic mass is 10.9. The largest absolute Gasteiger partial charge is 0.500 e. The van der Waals surface area contributed by atoms with Crippen LogP contribution >= 0.6 is 27.5 Å². The van der Waals surface area contributed by atoms with Gasteiger partial charge in [0.2, 0.25) is 0 Å². The van der Waals surface area contributed by atoms with E-state index >= 15 is 0 Å². The summed E-state index contributed by atoms with van der Waals surface area (Å²) in [5.41, 5.74) is 0. The summed E-state index contributed by atoms with van der Waals surface area (Å²) in [4.78, 5) is 16.4. The minimum Gasteiger partial charge on any atom is -0.302 e. The highest BCUT2D eigenvalue weighted by atomic mass is 35.5. The molecule has 10 heteroatoms. The highest BCUT2D eigenvalue weighted by Crippen LogP contribution is 2.61. The summed E-state index contributed by atoms with van der Waals surface area (Å²) in [6, 6.07) is 0. The molecule has 0 aromatic carbocycles. The molecule has 1 atom stereocenters.